The highest BCUT2D eigenvalue weighted by Gasteiger charge is 2.44. The molecule has 1 aromatic carbocycles. The van der Waals surface area contributed by atoms with E-state index in [1.165, 1.54) is 13.2 Å². The van der Waals surface area contributed by atoms with Crippen molar-refractivity contribution in [2.45, 2.75) is 30.6 Å². The Hall–Kier alpha value is -1.97. The van der Waals surface area contributed by atoms with E-state index in [-0.39, 0.29) is 0 Å². The number of anilines is 1. The predicted octanol–water partition coefficient (Wildman–Crippen LogP) is -0.341. The molecule has 1 aliphatic rings. The van der Waals surface area contributed by atoms with Gasteiger partial charge in [0.05, 0.1) is 6.61 Å². The fourth-order valence-electron chi connectivity index (χ4n) is 2.78. The lowest BCUT2D eigenvalue weighted by molar-refractivity contribution is -0.254. The smallest absolute Gasteiger partial charge is 0.336 e. The molecule has 0 saturated carbocycles. The molecule has 2 aromatic rings. The summed E-state index contributed by atoms with van der Waals surface area (Å²) in [6, 6.07) is 7.32. The van der Waals surface area contributed by atoms with Crippen LogP contribution in [0.25, 0.3) is 11.0 Å². The van der Waals surface area contributed by atoms with Crippen LogP contribution in [0.5, 0.6) is 0 Å². The summed E-state index contributed by atoms with van der Waals surface area (Å²) in [5.41, 5.74) is 0.485. The Balaban J connectivity index is 1.86. The third-order valence-corrected chi connectivity index (χ3v) is 4.07. The largest absolute Gasteiger partial charge is 0.423 e. The van der Waals surface area contributed by atoms with Gasteiger partial charge in [0.2, 0.25) is 0 Å². The van der Waals surface area contributed by atoms with Gasteiger partial charge >= 0.3 is 5.63 Å². The third-order valence-electron chi connectivity index (χ3n) is 4.07. The molecule has 1 fully saturated rings. The number of ether oxygens (including phenoxy) is 2. The SMILES string of the molecule is COC1OC(CO)[C@@H](O)C(O)C1Nc1ccc2ccc(=O)oc2c1. The molecule has 0 aliphatic carbocycles. The standard InChI is InChI=1S/C16H19NO7/c1-22-16-13(15(21)14(20)11(7-18)24-16)17-9-4-2-8-3-5-12(19)23-10(8)6-9/h2-6,11,13-18,20-21H,7H2,1H3/t11?,13?,14-,15?,16?/m1/s1. The van der Waals surface area contributed by atoms with E-state index in [0.717, 1.165) is 5.39 Å². The van der Waals surface area contributed by atoms with E-state index < -0.39 is 42.9 Å². The maximum absolute atomic E-state index is 11.3. The van der Waals surface area contributed by atoms with Gasteiger partial charge in [-0.25, -0.2) is 4.79 Å². The van der Waals surface area contributed by atoms with Crippen LogP contribution in [0.3, 0.4) is 0 Å². The molecule has 8 nitrogen and oxygen atoms in total. The van der Waals surface area contributed by atoms with Gasteiger partial charge in [0.1, 0.15) is 29.9 Å². The van der Waals surface area contributed by atoms with Crippen LogP contribution in [0, 0.1) is 0 Å². The highest BCUT2D eigenvalue weighted by atomic mass is 16.7. The normalized spacial score (nSPS) is 30.4. The molecule has 0 amide bonds. The van der Waals surface area contributed by atoms with Crippen molar-refractivity contribution in [1.82, 2.24) is 0 Å². The Morgan fingerprint density at radius 2 is 1.96 bits per heavy atom. The number of benzene rings is 1. The number of methoxy groups -OCH3 is 1. The lowest BCUT2D eigenvalue weighted by Crippen LogP contribution is -2.61. The summed E-state index contributed by atoms with van der Waals surface area (Å²) in [6.45, 7) is -0.439. The summed E-state index contributed by atoms with van der Waals surface area (Å²) in [4.78, 5) is 11.3. The average molecular weight is 337 g/mol. The summed E-state index contributed by atoms with van der Waals surface area (Å²) in [5.74, 6) is 0. The summed E-state index contributed by atoms with van der Waals surface area (Å²) >= 11 is 0. The zero-order valence-electron chi connectivity index (χ0n) is 13.0. The number of rotatable bonds is 4. The van der Waals surface area contributed by atoms with Crippen LogP contribution < -0.4 is 10.9 Å². The van der Waals surface area contributed by atoms with Crippen molar-refractivity contribution in [3.8, 4) is 0 Å². The van der Waals surface area contributed by atoms with Crippen molar-refractivity contribution >= 4 is 16.7 Å². The Kier molecular flexibility index (Phi) is 4.83. The fourth-order valence-corrected chi connectivity index (χ4v) is 2.78. The molecule has 1 saturated heterocycles. The molecule has 8 heteroatoms. The second kappa shape index (κ2) is 6.88. The quantitative estimate of drug-likeness (QED) is 0.559. The molecule has 24 heavy (non-hydrogen) atoms. The van der Waals surface area contributed by atoms with Gasteiger partial charge < -0.3 is 34.5 Å². The predicted molar refractivity (Wildman–Crippen MR) is 84.7 cm³/mol. The van der Waals surface area contributed by atoms with Gasteiger partial charge in [-0.1, -0.05) is 0 Å². The Morgan fingerprint density at radius 1 is 1.21 bits per heavy atom. The molecule has 130 valence electrons. The minimum atomic E-state index is -1.27. The van der Waals surface area contributed by atoms with Gasteiger partial charge in [0.15, 0.2) is 6.29 Å². The molecule has 3 rings (SSSR count). The van der Waals surface area contributed by atoms with Crippen LogP contribution in [0.2, 0.25) is 0 Å². The third kappa shape index (κ3) is 3.14. The number of fused-ring (bicyclic) bond motifs is 1. The van der Waals surface area contributed by atoms with Gasteiger partial charge in [-0.3, -0.25) is 0 Å². The first-order valence-electron chi connectivity index (χ1n) is 7.49. The van der Waals surface area contributed by atoms with E-state index >= 15 is 0 Å². The highest BCUT2D eigenvalue weighted by molar-refractivity contribution is 5.80. The molecule has 1 aromatic heterocycles. The summed E-state index contributed by atoms with van der Waals surface area (Å²) in [6.07, 6.45) is -4.30. The lowest BCUT2D eigenvalue weighted by atomic mass is 9.96. The maximum Gasteiger partial charge on any atom is 0.336 e. The van der Waals surface area contributed by atoms with E-state index in [9.17, 15) is 20.1 Å². The number of hydrogen-bond acceptors (Lipinski definition) is 8. The first-order chi connectivity index (χ1) is 11.5. The number of hydrogen-bond donors (Lipinski definition) is 4. The van der Waals surface area contributed by atoms with E-state index in [4.69, 9.17) is 13.9 Å². The molecule has 4 unspecified atom stereocenters. The van der Waals surface area contributed by atoms with Crippen LogP contribution in [-0.4, -0.2) is 59.7 Å². The minimum absolute atomic E-state index is 0.390. The molecular weight excluding hydrogens is 318 g/mol. The zero-order chi connectivity index (χ0) is 17.3. The Bertz CT molecular complexity index is 759. The summed E-state index contributed by atoms with van der Waals surface area (Å²) in [7, 11) is 1.40. The molecule has 0 radical (unpaired) electrons. The molecule has 2 heterocycles. The maximum atomic E-state index is 11.3. The van der Waals surface area contributed by atoms with Crippen LogP contribution in [-0.2, 0) is 9.47 Å². The van der Waals surface area contributed by atoms with Crippen molar-refractivity contribution in [3.63, 3.8) is 0 Å². The van der Waals surface area contributed by atoms with E-state index in [2.05, 4.69) is 5.32 Å². The molecule has 1 aliphatic heterocycles. The van der Waals surface area contributed by atoms with E-state index in [0.29, 0.717) is 11.3 Å². The van der Waals surface area contributed by atoms with Gasteiger partial charge in [0, 0.05) is 30.3 Å². The van der Waals surface area contributed by atoms with Crippen LogP contribution in [0.1, 0.15) is 0 Å². The van der Waals surface area contributed by atoms with E-state index in [1.807, 2.05) is 0 Å². The van der Waals surface area contributed by atoms with Gasteiger partial charge in [-0.15, -0.1) is 0 Å². The molecule has 5 atom stereocenters. The monoisotopic (exact) mass is 337 g/mol. The molecule has 0 spiro atoms. The van der Waals surface area contributed by atoms with Crippen LogP contribution in [0.4, 0.5) is 5.69 Å². The topological polar surface area (TPSA) is 121 Å². The first kappa shape index (κ1) is 16.9. The summed E-state index contributed by atoms with van der Waals surface area (Å²) < 4.78 is 15.8. The number of nitrogens with one attached hydrogen (secondary N) is 1. The van der Waals surface area contributed by atoms with E-state index in [1.54, 1.807) is 24.3 Å². The number of aliphatic hydroxyl groups excluding tert-OH is 3. The second-order valence-corrected chi connectivity index (χ2v) is 5.62. The minimum Gasteiger partial charge on any atom is -0.423 e. The van der Waals surface area contributed by atoms with Gasteiger partial charge in [0.25, 0.3) is 0 Å². The average Bonchev–Trinajstić information content (AvgIpc) is 2.59. The van der Waals surface area contributed by atoms with Crippen molar-refractivity contribution in [1.29, 1.82) is 0 Å². The lowest BCUT2D eigenvalue weighted by Gasteiger charge is -2.42. The zero-order valence-corrected chi connectivity index (χ0v) is 13.0. The van der Waals surface area contributed by atoms with Crippen molar-refractivity contribution in [3.05, 3.63) is 40.8 Å². The molecule has 4 N–H and O–H groups in total. The first-order valence-corrected chi connectivity index (χ1v) is 7.49. The molecule has 0 bridgehead atoms. The van der Waals surface area contributed by atoms with Crippen LogP contribution >= 0.6 is 0 Å². The second-order valence-electron chi connectivity index (χ2n) is 5.62. The van der Waals surface area contributed by atoms with Crippen molar-refractivity contribution < 1.29 is 29.2 Å². The molecular formula is C16H19NO7. The Labute approximate surface area is 137 Å². The van der Waals surface area contributed by atoms with Gasteiger partial charge in [-0.2, -0.15) is 0 Å². The Morgan fingerprint density at radius 3 is 2.67 bits per heavy atom. The summed E-state index contributed by atoms with van der Waals surface area (Å²) in [5, 5.41) is 33.3. The highest BCUT2D eigenvalue weighted by Crippen LogP contribution is 2.26. The number of aliphatic hydroxyl groups is 3. The van der Waals surface area contributed by atoms with Crippen molar-refractivity contribution in [2.75, 3.05) is 19.0 Å². The van der Waals surface area contributed by atoms with Gasteiger partial charge in [-0.05, 0) is 18.2 Å². The fraction of sp³-hybridized carbons (Fsp3) is 0.438. The van der Waals surface area contributed by atoms with Crippen molar-refractivity contribution in [2.24, 2.45) is 0 Å². The van der Waals surface area contributed by atoms with Crippen LogP contribution in [0.15, 0.2) is 39.5 Å².